The fourth-order valence-electron chi connectivity index (χ4n) is 2.28. The average molecular weight is 282 g/mol. The Kier molecular flexibility index (Phi) is 3.77. The van der Waals surface area contributed by atoms with Crippen molar-refractivity contribution in [2.75, 3.05) is 0 Å². The number of aromatic nitrogens is 2. The van der Waals surface area contributed by atoms with E-state index < -0.39 is 0 Å². The SMILES string of the molecule is NNC(c1cccc(F)c1)c1cnn(-c2ccccc2)c1. The summed E-state index contributed by atoms with van der Waals surface area (Å²) in [4.78, 5) is 0. The minimum atomic E-state index is -0.307. The molecule has 1 heterocycles. The summed E-state index contributed by atoms with van der Waals surface area (Å²) >= 11 is 0. The molecule has 106 valence electrons. The molecule has 0 aliphatic carbocycles. The topological polar surface area (TPSA) is 55.9 Å². The van der Waals surface area contributed by atoms with Crippen LogP contribution >= 0.6 is 0 Å². The van der Waals surface area contributed by atoms with E-state index in [-0.39, 0.29) is 11.9 Å². The molecular weight excluding hydrogens is 267 g/mol. The zero-order valence-corrected chi connectivity index (χ0v) is 11.3. The van der Waals surface area contributed by atoms with Gasteiger partial charge in [-0.3, -0.25) is 5.84 Å². The number of rotatable bonds is 4. The number of nitrogens with two attached hydrogens (primary N) is 1. The van der Waals surface area contributed by atoms with E-state index in [1.807, 2.05) is 42.6 Å². The van der Waals surface area contributed by atoms with Crippen molar-refractivity contribution in [1.82, 2.24) is 15.2 Å². The Labute approximate surface area is 122 Å². The molecule has 0 radical (unpaired) electrons. The van der Waals surface area contributed by atoms with Crippen LogP contribution in [-0.4, -0.2) is 9.78 Å². The summed E-state index contributed by atoms with van der Waals surface area (Å²) in [5.41, 5.74) is 5.29. The lowest BCUT2D eigenvalue weighted by molar-refractivity contribution is 0.605. The van der Waals surface area contributed by atoms with E-state index >= 15 is 0 Å². The third kappa shape index (κ3) is 2.84. The number of nitrogens with zero attached hydrogens (tertiary/aromatic N) is 2. The number of halogens is 1. The minimum absolute atomic E-state index is 0.289. The number of hydrazine groups is 1. The van der Waals surface area contributed by atoms with E-state index in [1.165, 1.54) is 12.1 Å². The second kappa shape index (κ2) is 5.87. The molecule has 1 unspecified atom stereocenters. The maximum absolute atomic E-state index is 13.4. The molecule has 5 heteroatoms. The molecule has 1 aromatic heterocycles. The Bertz CT molecular complexity index is 724. The Hall–Kier alpha value is -2.50. The zero-order valence-electron chi connectivity index (χ0n) is 11.3. The van der Waals surface area contributed by atoms with Gasteiger partial charge in [0.1, 0.15) is 5.82 Å². The quantitative estimate of drug-likeness (QED) is 0.571. The predicted octanol–water partition coefficient (Wildman–Crippen LogP) is 2.56. The summed E-state index contributed by atoms with van der Waals surface area (Å²) in [5.74, 6) is 5.34. The van der Waals surface area contributed by atoms with Gasteiger partial charge in [0.15, 0.2) is 0 Å². The number of benzene rings is 2. The van der Waals surface area contributed by atoms with Crippen molar-refractivity contribution >= 4 is 0 Å². The molecule has 0 saturated heterocycles. The molecule has 0 amide bonds. The van der Waals surface area contributed by atoms with Gasteiger partial charge in [0.2, 0.25) is 0 Å². The Morgan fingerprint density at radius 3 is 2.57 bits per heavy atom. The van der Waals surface area contributed by atoms with Crippen LogP contribution in [-0.2, 0) is 0 Å². The number of para-hydroxylation sites is 1. The van der Waals surface area contributed by atoms with Crippen LogP contribution in [0.25, 0.3) is 5.69 Å². The first-order valence-electron chi connectivity index (χ1n) is 6.59. The van der Waals surface area contributed by atoms with Crippen molar-refractivity contribution in [2.45, 2.75) is 6.04 Å². The summed E-state index contributed by atoms with van der Waals surface area (Å²) in [6.07, 6.45) is 3.60. The number of nitrogens with one attached hydrogen (secondary N) is 1. The van der Waals surface area contributed by atoms with Gasteiger partial charge in [0.25, 0.3) is 0 Å². The van der Waals surface area contributed by atoms with Crippen molar-refractivity contribution < 1.29 is 4.39 Å². The summed E-state index contributed by atoms with van der Waals surface area (Å²) in [6.45, 7) is 0. The van der Waals surface area contributed by atoms with Crippen molar-refractivity contribution in [1.29, 1.82) is 0 Å². The van der Waals surface area contributed by atoms with Gasteiger partial charge in [0, 0.05) is 11.8 Å². The Morgan fingerprint density at radius 2 is 1.86 bits per heavy atom. The van der Waals surface area contributed by atoms with Gasteiger partial charge in [-0.05, 0) is 29.8 Å². The molecule has 0 fully saturated rings. The molecule has 4 nitrogen and oxygen atoms in total. The minimum Gasteiger partial charge on any atom is -0.271 e. The standard InChI is InChI=1S/C16H15FN4/c17-14-6-4-5-12(9-14)16(20-18)13-10-19-21(11-13)15-7-2-1-3-8-15/h1-11,16,20H,18H2. The van der Waals surface area contributed by atoms with Crippen LogP contribution in [0.1, 0.15) is 17.2 Å². The Morgan fingerprint density at radius 1 is 1.05 bits per heavy atom. The molecule has 2 aromatic carbocycles. The highest BCUT2D eigenvalue weighted by molar-refractivity contribution is 5.34. The first-order chi connectivity index (χ1) is 10.3. The van der Waals surface area contributed by atoms with Gasteiger partial charge in [0.05, 0.1) is 17.9 Å². The average Bonchev–Trinajstić information content (AvgIpc) is 2.99. The largest absolute Gasteiger partial charge is 0.271 e. The van der Waals surface area contributed by atoms with Crippen LogP contribution in [0.15, 0.2) is 67.0 Å². The lowest BCUT2D eigenvalue weighted by atomic mass is 10.0. The van der Waals surface area contributed by atoms with E-state index in [1.54, 1.807) is 16.9 Å². The lowest BCUT2D eigenvalue weighted by Crippen LogP contribution is -2.28. The molecule has 21 heavy (non-hydrogen) atoms. The first kappa shape index (κ1) is 13.5. The molecule has 0 spiro atoms. The highest BCUT2D eigenvalue weighted by Gasteiger charge is 2.15. The van der Waals surface area contributed by atoms with Crippen molar-refractivity contribution in [3.8, 4) is 5.69 Å². The van der Waals surface area contributed by atoms with Crippen LogP contribution in [0.2, 0.25) is 0 Å². The predicted molar refractivity (Wildman–Crippen MR) is 79.1 cm³/mol. The molecule has 0 saturated carbocycles. The van der Waals surface area contributed by atoms with Crippen LogP contribution in [0.3, 0.4) is 0 Å². The Balaban J connectivity index is 1.94. The van der Waals surface area contributed by atoms with Gasteiger partial charge < -0.3 is 0 Å². The van der Waals surface area contributed by atoms with Gasteiger partial charge in [-0.2, -0.15) is 5.10 Å². The fraction of sp³-hybridized carbons (Fsp3) is 0.0625. The normalized spacial score (nSPS) is 12.3. The van der Waals surface area contributed by atoms with Crippen LogP contribution in [0.4, 0.5) is 4.39 Å². The zero-order chi connectivity index (χ0) is 14.7. The summed E-state index contributed by atoms with van der Waals surface area (Å²) in [6, 6.07) is 15.8. The van der Waals surface area contributed by atoms with Gasteiger partial charge in [-0.15, -0.1) is 0 Å². The molecule has 0 bridgehead atoms. The summed E-state index contributed by atoms with van der Waals surface area (Å²) < 4.78 is 15.1. The maximum atomic E-state index is 13.4. The van der Waals surface area contributed by atoms with Crippen molar-refractivity contribution in [3.63, 3.8) is 0 Å². The third-order valence-electron chi connectivity index (χ3n) is 3.31. The van der Waals surface area contributed by atoms with E-state index in [4.69, 9.17) is 5.84 Å². The third-order valence-corrected chi connectivity index (χ3v) is 3.31. The van der Waals surface area contributed by atoms with Crippen molar-refractivity contribution in [2.24, 2.45) is 5.84 Å². The molecule has 3 rings (SSSR count). The smallest absolute Gasteiger partial charge is 0.123 e. The summed E-state index contributed by atoms with van der Waals surface area (Å²) in [5, 5.41) is 4.33. The van der Waals surface area contributed by atoms with E-state index in [9.17, 15) is 4.39 Å². The fourth-order valence-corrected chi connectivity index (χ4v) is 2.28. The number of hydrogen-bond donors (Lipinski definition) is 2. The second-order valence-electron chi connectivity index (χ2n) is 4.71. The molecule has 1 atom stereocenters. The highest BCUT2D eigenvalue weighted by atomic mass is 19.1. The molecule has 3 N–H and O–H groups in total. The van der Waals surface area contributed by atoms with Crippen LogP contribution in [0.5, 0.6) is 0 Å². The second-order valence-corrected chi connectivity index (χ2v) is 4.71. The molecule has 0 aliphatic rings. The number of hydrogen-bond acceptors (Lipinski definition) is 3. The molecule has 3 aromatic rings. The lowest BCUT2D eigenvalue weighted by Gasteiger charge is -2.14. The van der Waals surface area contributed by atoms with E-state index in [2.05, 4.69) is 10.5 Å². The van der Waals surface area contributed by atoms with E-state index in [0.717, 1.165) is 16.8 Å². The monoisotopic (exact) mass is 282 g/mol. The molecule has 0 aliphatic heterocycles. The van der Waals surface area contributed by atoms with Crippen LogP contribution < -0.4 is 11.3 Å². The van der Waals surface area contributed by atoms with Gasteiger partial charge in [-0.1, -0.05) is 30.3 Å². The molecular formula is C16H15FN4. The van der Waals surface area contributed by atoms with Crippen LogP contribution in [0, 0.1) is 5.82 Å². The summed E-state index contributed by atoms with van der Waals surface area (Å²) in [7, 11) is 0. The van der Waals surface area contributed by atoms with Crippen molar-refractivity contribution in [3.05, 3.63) is 83.9 Å². The van der Waals surface area contributed by atoms with Gasteiger partial charge in [-0.25, -0.2) is 14.5 Å². The van der Waals surface area contributed by atoms with Gasteiger partial charge >= 0.3 is 0 Å². The van der Waals surface area contributed by atoms with E-state index in [0.29, 0.717) is 0 Å². The maximum Gasteiger partial charge on any atom is 0.123 e. The highest BCUT2D eigenvalue weighted by Crippen LogP contribution is 2.22. The first-order valence-corrected chi connectivity index (χ1v) is 6.59.